The van der Waals surface area contributed by atoms with Gasteiger partial charge in [-0.3, -0.25) is 0 Å². The Morgan fingerprint density at radius 3 is 3.00 bits per heavy atom. The molecule has 0 aliphatic carbocycles. The molecule has 2 atom stereocenters. The topological polar surface area (TPSA) is 30.5 Å². The van der Waals surface area contributed by atoms with Crippen molar-refractivity contribution in [1.82, 2.24) is 5.32 Å². The zero-order valence-electron chi connectivity index (χ0n) is 6.22. The minimum absolute atomic E-state index is 0.251. The van der Waals surface area contributed by atoms with E-state index in [9.17, 15) is 0 Å². The average molecular weight is 143 g/mol. The summed E-state index contributed by atoms with van der Waals surface area (Å²) in [6, 6.07) is 0. The van der Waals surface area contributed by atoms with Crippen molar-refractivity contribution >= 4 is 0 Å². The molecule has 2 aliphatic rings. The van der Waals surface area contributed by atoms with Gasteiger partial charge in [0.2, 0.25) is 0 Å². The van der Waals surface area contributed by atoms with Crippen LogP contribution in [0.3, 0.4) is 0 Å². The Balaban J connectivity index is 2.03. The number of hydrogen-bond acceptors (Lipinski definition) is 3. The van der Waals surface area contributed by atoms with E-state index in [0.717, 1.165) is 26.1 Å². The molecule has 0 bridgehead atoms. The molecule has 3 heteroatoms. The van der Waals surface area contributed by atoms with Crippen molar-refractivity contribution in [1.29, 1.82) is 0 Å². The Kier molecular flexibility index (Phi) is 1.44. The minimum Gasteiger partial charge on any atom is -0.346 e. The van der Waals surface area contributed by atoms with Crippen molar-refractivity contribution in [3.05, 3.63) is 0 Å². The third-order valence-corrected chi connectivity index (χ3v) is 2.07. The molecule has 10 heavy (non-hydrogen) atoms. The summed E-state index contributed by atoms with van der Waals surface area (Å²) in [5.41, 5.74) is 0. The van der Waals surface area contributed by atoms with Gasteiger partial charge in [0, 0.05) is 19.5 Å². The largest absolute Gasteiger partial charge is 0.346 e. The van der Waals surface area contributed by atoms with Crippen LogP contribution in [0.2, 0.25) is 0 Å². The second kappa shape index (κ2) is 2.19. The Morgan fingerprint density at radius 1 is 1.60 bits per heavy atom. The van der Waals surface area contributed by atoms with E-state index < -0.39 is 0 Å². The number of nitrogens with one attached hydrogen (secondary N) is 1. The molecule has 0 aromatic heterocycles. The van der Waals surface area contributed by atoms with Gasteiger partial charge in [-0.25, -0.2) is 0 Å². The number of hydrogen-bond donors (Lipinski definition) is 1. The molecule has 2 aliphatic heterocycles. The van der Waals surface area contributed by atoms with E-state index in [1.165, 1.54) is 0 Å². The van der Waals surface area contributed by atoms with Crippen molar-refractivity contribution in [3.63, 3.8) is 0 Å². The molecule has 58 valence electrons. The van der Waals surface area contributed by atoms with Gasteiger partial charge in [-0.1, -0.05) is 0 Å². The van der Waals surface area contributed by atoms with Crippen LogP contribution in [0.5, 0.6) is 0 Å². The highest BCUT2D eigenvalue weighted by molar-refractivity contribution is 4.85. The molecule has 0 saturated carbocycles. The quantitative estimate of drug-likeness (QED) is 0.522. The van der Waals surface area contributed by atoms with Gasteiger partial charge in [-0.05, 0) is 6.92 Å². The van der Waals surface area contributed by atoms with Crippen LogP contribution < -0.4 is 5.32 Å². The van der Waals surface area contributed by atoms with E-state index in [2.05, 4.69) is 5.32 Å². The summed E-state index contributed by atoms with van der Waals surface area (Å²) in [6.45, 7) is 4.68. The molecular formula is C7H13NO2. The van der Waals surface area contributed by atoms with Crippen molar-refractivity contribution < 1.29 is 9.47 Å². The first-order chi connectivity index (χ1) is 4.81. The lowest BCUT2D eigenvalue weighted by atomic mass is 10.2. The molecule has 1 N–H and O–H groups in total. The highest BCUT2D eigenvalue weighted by Gasteiger charge is 2.42. The highest BCUT2D eigenvalue weighted by Crippen LogP contribution is 2.28. The van der Waals surface area contributed by atoms with E-state index in [0.29, 0.717) is 0 Å². The van der Waals surface area contributed by atoms with E-state index >= 15 is 0 Å². The molecule has 0 aromatic rings. The predicted octanol–water partition coefficient (Wildman–Crippen LogP) is 0.111. The SMILES string of the molecule is CC1COC2(CCNC2)O1. The fraction of sp³-hybridized carbons (Fsp3) is 1.00. The summed E-state index contributed by atoms with van der Waals surface area (Å²) in [4.78, 5) is 0. The first-order valence-corrected chi connectivity index (χ1v) is 3.83. The predicted molar refractivity (Wildman–Crippen MR) is 36.7 cm³/mol. The molecule has 0 amide bonds. The Labute approximate surface area is 60.7 Å². The van der Waals surface area contributed by atoms with Crippen molar-refractivity contribution in [3.8, 4) is 0 Å². The van der Waals surface area contributed by atoms with Crippen molar-refractivity contribution in [2.24, 2.45) is 0 Å². The molecule has 3 nitrogen and oxygen atoms in total. The van der Waals surface area contributed by atoms with Gasteiger partial charge in [0.05, 0.1) is 12.7 Å². The van der Waals surface area contributed by atoms with Gasteiger partial charge in [-0.15, -0.1) is 0 Å². The second-order valence-electron chi connectivity index (χ2n) is 3.08. The van der Waals surface area contributed by atoms with Crippen LogP contribution >= 0.6 is 0 Å². The maximum absolute atomic E-state index is 5.62. The van der Waals surface area contributed by atoms with Gasteiger partial charge in [-0.2, -0.15) is 0 Å². The Hall–Kier alpha value is -0.120. The first-order valence-electron chi connectivity index (χ1n) is 3.83. The Morgan fingerprint density at radius 2 is 2.50 bits per heavy atom. The van der Waals surface area contributed by atoms with Crippen LogP contribution in [0.25, 0.3) is 0 Å². The maximum Gasteiger partial charge on any atom is 0.182 e. The summed E-state index contributed by atoms with van der Waals surface area (Å²) in [5.74, 6) is -0.251. The summed E-state index contributed by atoms with van der Waals surface area (Å²) in [5, 5.41) is 3.23. The van der Waals surface area contributed by atoms with Crippen molar-refractivity contribution in [2.45, 2.75) is 25.2 Å². The molecule has 2 fully saturated rings. The van der Waals surface area contributed by atoms with Gasteiger partial charge < -0.3 is 14.8 Å². The van der Waals surface area contributed by atoms with Crippen LogP contribution in [0.1, 0.15) is 13.3 Å². The summed E-state index contributed by atoms with van der Waals surface area (Å²) in [7, 11) is 0. The van der Waals surface area contributed by atoms with E-state index in [-0.39, 0.29) is 11.9 Å². The van der Waals surface area contributed by atoms with Gasteiger partial charge in [0.25, 0.3) is 0 Å². The maximum atomic E-state index is 5.62. The van der Waals surface area contributed by atoms with E-state index in [1.807, 2.05) is 6.92 Å². The zero-order chi connectivity index (χ0) is 7.03. The molecule has 2 saturated heterocycles. The van der Waals surface area contributed by atoms with Gasteiger partial charge in [0.15, 0.2) is 5.79 Å². The second-order valence-corrected chi connectivity index (χ2v) is 3.08. The summed E-state index contributed by atoms with van der Waals surface area (Å²) in [6.07, 6.45) is 1.28. The van der Waals surface area contributed by atoms with Gasteiger partial charge >= 0.3 is 0 Å². The van der Waals surface area contributed by atoms with E-state index in [1.54, 1.807) is 0 Å². The van der Waals surface area contributed by atoms with E-state index in [4.69, 9.17) is 9.47 Å². The molecular weight excluding hydrogens is 130 g/mol. The zero-order valence-corrected chi connectivity index (χ0v) is 6.22. The molecule has 2 rings (SSSR count). The van der Waals surface area contributed by atoms with Crippen LogP contribution in [0.4, 0.5) is 0 Å². The summed E-state index contributed by atoms with van der Waals surface area (Å²) >= 11 is 0. The number of ether oxygens (including phenoxy) is 2. The number of rotatable bonds is 0. The highest BCUT2D eigenvalue weighted by atomic mass is 16.7. The average Bonchev–Trinajstić information content (AvgIpc) is 2.46. The van der Waals surface area contributed by atoms with Crippen LogP contribution in [0, 0.1) is 0 Å². The molecule has 0 aromatic carbocycles. The lowest BCUT2D eigenvalue weighted by Gasteiger charge is -2.19. The summed E-state index contributed by atoms with van der Waals surface area (Å²) < 4.78 is 11.2. The van der Waals surface area contributed by atoms with Gasteiger partial charge in [0.1, 0.15) is 0 Å². The van der Waals surface area contributed by atoms with Crippen LogP contribution in [-0.4, -0.2) is 31.6 Å². The van der Waals surface area contributed by atoms with Crippen molar-refractivity contribution in [2.75, 3.05) is 19.7 Å². The third-order valence-electron chi connectivity index (χ3n) is 2.07. The smallest absolute Gasteiger partial charge is 0.182 e. The molecule has 2 heterocycles. The minimum atomic E-state index is -0.251. The molecule has 2 unspecified atom stereocenters. The molecule has 1 spiro atoms. The molecule has 0 radical (unpaired) electrons. The van der Waals surface area contributed by atoms with Crippen LogP contribution in [-0.2, 0) is 9.47 Å². The fourth-order valence-corrected chi connectivity index (χ4v) is 1.57. The fourth-order valence-electron chi connectivity index (χ4n) is 1.57. The Bertz CT molecular complexity index is 132. The first kappa shape index (κ1) is 6.58. The standard InChI is InChI=1S/C7H13NO2/c1-6-4-9-7(10-6)2-3-8-5-7/h6,8H,2-5H2,1H3. The normalized spacial score (nSPS) is 47.1. The lowest BCUT2D eigenvalue weighted by Crippen LogP contribution is -2.32. The monoisotopic (exact) mass is 143 g/mol. The lowest BCUT2D eigenvalue weighted by molar-refractivity contribution is -0.149. The third kappa shape index (κ3) is 0.944. The van der Waals surface area contributed by atoms with Crippen LogP contribution in [0.15, 0.2) is 0 Å².